The van der Waals surface area contributed by atoms with Crippen LogP contribution in [0.2, 0.25) is 5.02 Å². The van der Waals surface area contributed by atoms with Crippen molar-refractivity contribution in [1.82, 2.24) is 0 Å². The van der Waals surface area contributed by atoms with Crippen LogP contribution in [0.15, 0.2) is 60.7 Å². The van der Waals surface area contributed by atoms with Crippen LogP contribution in [0.3, 0.4) is 0 Å². The van der Waals surface area contributed by atoms with Gasteiger partial charge in [-0.1, -0.05) is 23.7 Å². The first-order chi connectivity index (χ1) is 14.5. The van der Waals surface area contributed by atoms with Gasteiger partial charge in [0.05, 0.1) is 36.9 Å². The van der Waals surface area contributed by atoms with Gasteiger partial charge in [0, 0.05) is 11.4 Å². The predicted molar refractivity (Wildman–Crippen MR) is 116 cm³/mol. The Morgan fingerprint density at radius 3 is 2.47 bits per heavy atom. The lowest BCUT2D eigenvalue weighted by Gasteiger charge is -2.16. The Hall–Kier alpha value is -3.51. The molecule has 0 saturated carbocycles. The van der Waals surface area contributed by atoms with Gasteiger partial charge in [-0.05, 0) is 54.1 Å². The molecular weight excluding hydrogens is 404 g/mol. The number of hydrogen-bond acceptors (Lipinski definition) is 4. The molecule has 0 fully saturated rings. The molecule has 1 aliphatic rings. The van der Waals surface area contributed by atoms with E-state index in [0.717, 1.165) is 11.3 Å². The average Bonchev–Trinajstić information content (AvgIpc) is 3.10. The van der Waals surface area contributed by atoms with Crippen LogP contribution < -0.4 is 19.7 Å². The Kier molecular flexibility index (Phi) is 5.33. The minimum atomic E-state index is -0.377. The first kappa shape index (κ1) is 19.8. The third kappa shape index (κ3) is 3.57. The number of ether oxygens (including phenoxy) is 2. The molecule has 1 aliphatic heterocycles. The van der Waals surface area contributed by atoms with Crippen molar-refractivity contribution in [3.8, 4) is 11.5 Å². The summed E-state index contributed by atoms with van der Waals surface area (Å²) in [7, 11) is 3.11. The second-order valence-corrected chi connectivity index (χ2v) is 7.14. The molecule has 4 rings (SSSR count). The molecule has 0 atom stereocenters. The highest BCUT2D eigenvalue weighted by molar-refractivity contribution is 6.32. The van der Waals surface area contributed by atoms with Gasteiger partial charge in [0.15, 0.2) is 0 Å². The Morgan fingerprint density at radius 1 is 1.03 bits per heavy atom. The highest BCUT2D eigenvalue weighted by Gasteiger charge is 2.32. The number of carbonyl (C=O) groups excluding carboxylic acids is 2. The Labute approximate surface area is 179 Å². The van der Waals surface area contributed by atoms with Gasteiger partial charge in [0.1, 0.15) is 11.5 Å². The van der Waals surface area contributed by atoms with Gasteiger partial charge in [-0.15, -0.1) is 0 Å². The molecule has 30 heavy (non-hydrogen) atoms. The Morgan fingerprint density at radius 2 is 1.80 bits per heavy atom. The quantitative estimate of drug-likeness (QED) is 0.643. The lowest BCUT2D eigenvalue weighted by Crippen LogP contribution is -2.24. The van der Waals surface area contributed by atoms with Crippen LogP contribution in [0.25, 0.3) is 0 Å². The molecule has 2 amide bonds. The van der Waals surface area contributed by atoms with Gasteiger partial charge in [0.25, 0.3) is 11.8 Å². The van der Waals surface area contributed by atoms with Crippen molar-refractivity contribution in [2.24, 2.45) is 0 Å². The maximum Gasteiger partial charge on any atom is 0.259 e. The number of benzene rings is 3. The zero-order chi connectivity index (χ0) is 21.3. The van der Waals surface area contributed by atoms with Crippen LogP contribution in [0.5, 0.6) is 11.5 Å². The molecule has 1 heterocycles. The van der Waals surface area contributed by atoms with Crippen molar-refractivity contribution in [2.45, 2.75) is 6.54 Å². The molecule has 0 aliphatic carbocycles. The monoisotopic (exact) mass is 422 g/mol. The minimum Gasteiger partial charge on any atom is -0.497 e. The molecular formula is C23H19ClN2O4. The van der Waals surface area contributed by atoms with Gasteiger partial charge in [-0.2, -0.15) is 0 Å². The number of halogens is 1. The third-order valence-corrected chi connectivity index (χ3v) is 5.27. The second-order valence-electron chi connectivity index (χ2n) is 6.73. The summed E-state index contributed by atoms with van der Waals surface area (Å²) >= 11 is 6.14. The number of amides is 2. The van der Waals surface area contributed by atoms with Gasteiger partial charge in [-0.3, -0.25) is 9.59 Å². The van der Waals surface area contributed by atoms with Crippen molar-refractivity contribution in [3.63, 3.8) is 0 Å². The van der Waals surface area contributed by atoms with Crippen molar-refractivity contribution >= 4 is 34.8 Å². The molecule has 6 nitrogen and oxygen atoms in total. The summed E-state index contributed by atoms with van der Waals surface area (Å²) in [6.07, 6.45) is 0. The smallest absolute Gasteiger partial charge is 0.259 e. The zero-order valence-electron chi connectivity index (χ0n) is 16.4. The molecule has 152 valence electrons. The fourth-order valence-corrected chi connectivity index (χ4v) is 3.72. The zero-order valence-corrected chi connectivity index (χ0v) is 17.2. The maximum atomic E-state index is 13.1. The maximum absolute atomic E-state index is 13.1. The van der Waals surface area contributed by atoms with E-state index in [1.54, 1.807) is 54.5 Å². The van der Waals surface area contributed by atoms with Crippen LogP contribution in [-0.4, -0.2) is 26.0 Å². The SMILES string of the molecule is COc1ccc(N2Cc3cccc(C(=O)Nc4ccc(OC)c(Cl)c4)c3C2=O)cc1. The summed E-state index contributed by atoms with van der Waals surface area (Å²) in [5.41, 5.74) is 2.79. The fourth-order valence-electron chi connectivity index (χ4n) is 3.46. The molecule has 7 heteroatoms. The topological polar surface area (TPSA) is 67.9 Å². The standard InChI is InChI=1S/C23H19ClN2O4/c1-29-17-9-7-16(8-10-17)26-13-14-4-3-5-18(21(14)23(26)28)22(27)25-15-6-11-20(30-2)19(24)12-15/h3-12H,13H2,1-2H3,(H,25,27). The second kappa shape index (κ2) is 8.08. The van der Waals surface area contributed by atoms with Crippen LogP contribution >= 0.6 is 11.6 Å². The lowest BCUT2D eigenvalue weighted by molar-refractivity contribution is 0.0976. The normalized spacial score (nSPS) is 12.5. The summed E-state index contributed by atoms with van der Waals surface area (Å²) in [6.45, 7) is 0.399. The first-order valence-corrected chi connectivity index (χ1v) is 9.62. The number of nitrogens with zero attached hydrogens (tertiary/aromatic N) is 1. The van der Waals surface area contributed by atoms with E-state index < -0.39 is 0 Å². The van der Waals surface area contributed by atoms with Crippen LogP contribution in [0.4, 0.5) is 11.4 Å². The van der Waals surface area contributed by atoms with E-state index in [4.69, 9.17) is 21.1 Å². The molecule has 0 unspecified atom stereocenters. The summed E-state index contributed by atoms with van der Waals surface area (Å²) in [5, 5.41) is 3.19. The number of anilines is 2. The highest BCUT2D eigenvalue weighted by Crippen LogP contribution is 2.32. The number of carbonyl (C=O) groups is 2. The predicted octanol–water partition coefficient (Wildman–Crippen LogP) is 4.77. The van der Waals surface area contributed by atoms with Gasteiger partial charge >= 0.3 is 0 Å². The van der Waals surface area contributed by atoms with E-state index in [-0.39, 0.29) is 11.8 Å². The van der Waals surface area contributed by atoms with E-state index in [9.17, 15) is 9.59 Å². The number of fused-ring (bicyclic) bond motifs is 1. The molecule has 0 aromatic heterocycles. The first-order valence-electron chi connectivity index (χ1n) is 9.24. The summed E-state index contributed by atoms with van der Waals surface area (Å²) in [6, 6.07) is 17.5. The van der Waals surface area contributed by atoms with Crippen molar-refractivity contribution in [2.75, 3.05) is 24.4 Å². The molecule has 1 N–H and O–H groups in total. The van der Waals surface area contributed by atoms with Gasteiger partial charge in [0.2, 0.25) is 0 Å². The summed E-state index contributed by atoms with van der Waals surface area (Å²) in [5.74, 6) is 0.633. The van der Waals surface area contributed by atoms with Crippen LogP contribution in [-0.2, 0) is 6.54 Å². The molecule has 3 aromatic rings. The van der Waals surface area contributed by atoms with E-state index >= 15 is 0 Å². The van der Waals surface area contributed by atoms with Crippen LogP contribution in [0, 0.1) is 0 Å². The highest BCUT2D eigenvalue weighted by atomic mass is 35.5. The molecule has 0 saturated heterocycles. The van der Waals surface area contributed by atoms with Crippen LogP contribution in [0.1, 0.15) is 26.3 Å². The van der Waals surface area contributed by atoms with Gasteiger partial charge < -0.3 is 19.7 Å². The Bertz CT molecular complexity index is 1130. The number of nitrogens with one attached hydrogen (secondary N) is 1. The average molecular weight is 423 g/mol. The van der Waals surface area contributed by atoms with Crippen molar-refractivity contribution in [1.29, 1.82) is 0 Å². The van der Waals surface area contributed by atoms with E-state index in [1.165, 1.54) is 7.11 Å². The molecule has 0 bridgehead atoms. The number of rotatable bonds is 5. The molecule has 0 spiro atoms. The van der Waals surface area contributed by atoms with Crippen molar-refractivity contribution < 1.29 is 19.1 Å². The van der Waals surface area contributed by atoms with Gasteiger partial charge in [-0.25, -0.2) is 0 Å². The van der Waals surface area contributed by atoms with Crippen molar-refractivity contribution in [3.05, 3.63) is 82.4 Å². The van der Waals surface area contributed by atoms with E-state index in [1.807, 2.05) is 18.2 Å². The summed E-state index contributed by atoms with van der Waals surface area (Å²) in [4.78, 5) is 27.7. The largest absolute Gasteiger partial charge is 0.497 e. The fraction of sp³-hybridized carbons (Fsp3) is 0.130. The third-order valence-electron chi connectivity index (χ3n) is 4.98. The van der Waals surface area contributed by atoms with E-state index in [0.29, 0.717) is 39.9 Å². The Balaban J connectivity index is 1.61. The molecule has 0 radical (unpaired) electrons. The molecule has 3 aromatic carbocycles. The minimum absolute atomic E-state index is 0.214. The van der Waals surface area contributed by atoms with E-state index in [2.05, 4.69) is 5.32 Å². The number of methoxy groups -OCH3 is 2. The lowest BCUT2D eigenvalue weighted by atomic mass is 10.0. The summed E-state index contributed by atoms with van der Waals surface area (Å²) < 4.78 is 10.3. The number of hydrogen-bond donors (Lipinski definition) is 1.